The number of nitrogens with one attached hydrogen (secondary N) is 2. The Morgan fingerprint density at radius 2 is 1.87 bits per heavy atom. The zero-order chi connectivity index (χ0) is 11.3. The van der Waals surface area contributed by atoms with E-state index in [1.807, 2.05) is 18.2 Å². The van der Waals surface area contributed by atoms with Crippen LogP contribution in [0.25, 0.3) is 0 Å². The molecule has 0 spiro atoms. The first-order chi connectivity index (χ1) is 7.08. The van der Waals surface area contributed by atoms with Gasteiger partial charge in [0.05, 0.1) is 21.1 Å². The summed E-state index contributed by atoms with van der Waals surface area (Å²) in [6.07, 6.45) is 0. The second kappa shape index (κ2) is 6.11. The largest absolute Gasteiger partial charge is 0.335 e. The predicted molar refractivity (Wildman–Crippen MR) is 64.6 cm³/mol. The van der Waals surface area contributed by atoms with E-state index < -0.39 is 0 Å². The first-order valence-corrected chi connectivity index (χ1v) is 5.80. The monoisotopic (exact) mass is 228 g/mol. The fourth-order valence-corrected chi connectivity index (χ4v) is 1.76. The Labute approximate surface area is 97.4 Å². The van der Waals surface area contributed by atoms with Crippen LogP contribution in [0.3, 0.4) is 0 Å². The summed E-state index contributed by atoms with van der Waals surface area (Å²) in [5, 5.41) is 0.832. The summed E-state index contributed by atoms with van der Waals surface area (Å²) >= 11 is 5.94. The van der Waals surface area contributed by atoms with Crippen molar-refractivity contribution >= 4 is 11.6 Å². The zero-order valence-electron chi connectivity index (χ0n) is 9.81. The molecule has 3 heteroatoms. The second-order valence-corrected chi connectivity index (χ2v) is 4.91. The van der Waals surface area contributed by atoms with E-state index in [4.69, 9.17) is 11.6 Å². The highest BCUT2D eigenvalue weighted by molar-refractivity contribution is 6.30. The first kappa shape index (κ1) is 12.5. The number of benzene rings is 1. The van der Waals surface area contributed by atoms with Crippen LogP contribution in [0.1, 0.15) is 5.56 Å². The molecule has 0 saturated carbocycles. The average Bonchev–Trinajstić information content (AvgIpc) is 2.15. The van der Waals surface area contributed by atoms with Crippen molar-refractivity contribution in [1.29, 1.82) is 0 Å². The van der Waals surface area contributed by atoms with Crippen LogP contribution in [0.5, 0.6) is 0 Å². The van der Waals surface area contributed by atoms with Crippen LogP contribution in [0.2, 0.25) is 5.02 Å². The minimum absolute atomic E-state index is 0.832. The van der Waals surface area contributed by atoms with E-state index >= 15 is 0 Å². The third-order valence-corrected chi connectivity index (χ3v) is 2.68. The number of rotatable bonds is 5. The van der Waals surface area contributed by atoms with Crippen LogP contribution in [0.15, 0.2) is 24.3 Å². The molecule has 0 aliphatic heterocycles. The summed E-state index contributed by atoms with van der Waals surface area (Å²) in [5.74, 6) is 0. The van der Waals surface area contributed by atoms with Crippen molar-refractivity contribution in [3.05, 3.63) is 34.9 Å². The van der Waals surface area contributed by atoms with Gasteiger partial charge in [0.25, 0.3) is 0 Å². The van der Waals surface area contributed by atoms with Gasteiger partial charge in [-0.15, -0.1) is 0 Å². The summed E-state index contributed by atoms with van der Waals surface area (Å²) < 4.78 is 0. The Hall–Kier alpha value is -0.570. The Morgan fingerprint density at radius 1 is 1.13 bits per heavy atom. The highest BCUT2D eigenvalue weighted by atomic mass is 35.5. The molecule has 2 nitrogen and oxygen atoms in total. The van der Waals surface area contributed by atoms with Gasteiger partial charge in [-0.1, -0.05) is 23.7 Å². The van der Waals surface area contributed by atoms with Gasteiger partial charge in [-0.05, 0) is 12.1 Å². The van der Waals surface area contributed by atoms with Crippen LogP contribution in [0.4, 0.5) is 0 Å². The number of likely N-dealkylation sites (N-methyl/N-ethyl adjacent to an activating group) is 2. The molecule has 1 rings (SSSR count). The smallest absolute Gasteiger partial charge is 0.127 e. The van der Waals surface area contributed by atoms with Crippen molar-refractivity contribution in [1.82, 2.24) is 0 Å². The summed E-state index contributed by atoms with van der Waals surface area (Å²) in [6, 6.07) is 8.12. The summed E-state index contributed by atoms with van der Waals surface area (Å²) in [5.41, 5.74) is 1.31. The van der Waals surface area contributed by atoms with Crippen molar-refractivity contribution in [3.63, 3.8) is 0 Å². The van der Waals surface area contributed by atoms with E-state index in [1.165, 1.54) is 28.5 Å². The second-order valence-electron chi connectivity index (χ2n) is 4.47. The Balaban J connectivity index is 2.40. The van der Waals surface area contributed by atoms with Gasteiger partial charge in [0, 0.05) is 10.6 Å². The Bertz CT molecular complexity index is 299. The third-order valence-electron chi connectivity index (χ3n) is 2.45. The van der Waals surface area contributed by atoms with Crippen LogP contribution in [-0.4, -0.2) is 34.2 Å². The van der Waals surface area contributed by atoms with E-state index in [-0.39, 0.29) is 0 Å². The molecule has 0 amide bonds. The summed E-state index contributed by atoms with van der Waals surface area (Å²) in [7, 11) is 6.60. The summed E-state index contributed by atoms with van der Waals surface area (Å²) in [6.45, 7) is 3.44. The quantitative estimate of drug-likeness (QED) is 0.673. The molecule has 0 aliphatic rings. The van der Waals surface area contributed by atoms with Crippen LogP contribution >= 0.6 is 11.6 Å². The van der Waals surface area contributed by atoms with E-state index in [1.54, 1.807) is 0 Å². The maximum Gasteiger partial charge on any atom is 0.127 e. The standard InChI is InChI=1S/C12H19ClN2/c1-14(2)7-8-15(3)10-11-5-4-6-12(13)9-11/h4-6,9H,7-8,10H2,1-3H3/p+2. The molecule has 0 aromatic heterocycles. The fraction of sp³-hybridized carbons (Fsp3) is 0.500. The fourth-order valence-electron chi connectivity index (χ4n) is 1.55. The molecule has 2 N–H and O–H groups in total. The van der Waals surface area contributed by atoms with Crippen molar-refractivity contribution in [2.45, 2.75) is 6.54 Å². The van der Waals surface area contributed by atoms with Crippen LogP contribution in [0, 0.1) is 0 Å². The lowest BCUT2D eigenvalue weighted by Crippen LogP contribution is -3.15. The lowest BCUT2D eigenvalue weighted by molar-refractivity contribution is -0.937. The maximum atomic E-state index is 5.94. The lowest BCUT2D eigenvalue weighted by Gasteiger charge is -2.15. The highest BCUT2D eigenvalue weighted by Gasteiger charge is 2.05. The van der Waals surface area contributed by atoms with Crippen LogP contribution < -0.4 is 9.80 Å². The number of halogens is 1. The molecular formula is C12H21ClN2+2. The van der Waals surface area contributed by atoms with Gasteiger partial charge in [-0.2, -0.15) is 0 Å². The molecule has 1 atom stereocenters. The third kappa shape index (κ3) is 5.17. The minimum atomic E-state index is 0.832. The topological polar surface area (TPSA) is 8.88 Å². The molecule has 0 aliphatic carbocycles. The highest BCUT2D eigenvalue weighted by Crippen LogP contribution is 2.09. The summed E-state index contributed by atoms with van der Waals surface area (Å²) in [4.78, 5) is 3.03. The molecule has 15 heavy (non-hydrogen) atoms. The predicted octanol–water partition coefficient (Wildman–Crippen LogP) is -0.501. The van der Waals surface area contributed by atoms with Gasteiger partial charge in [0.15, 0.2) is 0 Å². The normalized spacial score (nSPS) is 13.1. The number of quaternary nitrogens is 2. The molecular weight excluding hydrogens is 208 g/mol. The van der Waals surface area contributed by atoms with Crippen molar-refractivity contribution in [2.24, 2.45) is 0 Å². The van der Waals surface area contributed by atoms with E-state index in [0.29, 0.717) is 0 Å². The maximum absolute atomic E-state index is 5.94. The minimum Gasteiger partial charge on any atom is -0.335 e. The Morgan fingerprint density at radius 3 is 2.47 bits per heavy atom. The van der Waals surface area contributed by atoms with Gasteiger partial charge in [-0.3, -0.25) is 0 Å². The van der Waals surface area contributed by atoms with Gasteiger partial charge < -0.3 is 9.80 Å². The molecule has 0 saturated heterocycles. The zero-order valence-corrected chi connectivity index (χ0v) is 10.6. The van der Waals surface area contributed by atoms with Crippen molar-refractivity contribution in [3.8, 4) is 0 Å². The number of hydrogen-bond donors (Lipinski definition) is 2. The average molecular weight is 229 g/mol. The molecule has 1 aromatic rings. The van der Waals surface area contributed by atoms with E-state index in [9.17, 15) is 0 Å². The van der Waals surface area contributed by atoms with E-state index in [0.717, 1.165) is 11.6 Å². The number of hydrogen-bond acceptors (Lipinski definition) is 0. The molecule has 0 fully saturated rings. The molecule has 0 radical (unpaired) electrons. The molecule has 1 aromatic carbocycles. The van der Waals surface area contributed by atoms with Crippen LogP contribution in [-0.2, 0) is 6.54 Å². The lowest BCUT2D eigenvalue weighted by atomic mass is 10.2. The van der Waals surface area contributed by atoms with Gasteiger partial charge >= 0.3 is 0 Å². The van der Waals surface area contributed by atoms with Crippen molar-refractivity contribution in [2.75, 3.05) is 34.2 Å². The Kier molecular flexibility index (Phi) is 5.09. The van der Waals surface area contributed by atoms with Gasteiger partial charge in [0.2, 0.25) is 0 Å². The van der Waals surface area contributed by atoms with Crippen molar-refractivity contribution < 1.29 is 9.80 Å². The molecule has 84 valence electrons. The molecule has 0 heterocycles. The SMILES string of the molecule is C[NH+](C)CC[NH+](C)Cc1cccc(Cl)c1. The van der Waals surface area contributed by atoms with Gasteiger partial charge in [-0.25, -0.2) is 0 Å². The van der Waals surface area contributed by atoms with E-state index in [2.05, 4.69) is 27.2 Å². The molecule has 0 bridgehead atoms. The van der Waals surface area contributed by atoms with Gasteiger partial charge in [0.1, 0.15) is 19.6 Å². The first-order valence-electron chi connectivity index (χ1n) is 5.42. The molecule has 1 unspecified atom stereocenters.